The molecule has 2 aromatic carbocycles. The van der Waals surface area contributed by atoms with E-state index in [1.807, 2.05) is 62.4 Å². The summed E-state index contributed by atoms with van der Waals surface area (Å²) in [6.45, 7) is 8.73. The Balaban J connectivity index is 1.30. The second-order valence-corrected chi connectivity index (χ2v) is 13.3. The minimum Gasteiger partial charge on any atom is -0.493 e. The standard InChI is InChI=1S/C36H45N3O6/c1-20-10-12-25(18-22(20)3)37-33(40)30-28-14-16-36(45-28)31(30)35(42)39(17-15-24-11-13-27(43-5)29(19-24)44-6)32(36)34(41)38-26-9-7-8-21(2)23(26)4/h10-14,16,18-19,21,23,26,28,30-32H,7-9,15,17H2,1-6H3,(H,37,40)(H,38,41)/t21-,23-,26-,28-,30-,31-,32+,36+/m1/s1. The fourth-order valence-corrected chi connectivity index (χ4v) is 7.89. The first-order valence-electron chi connectivity index (χ1n) is 16.1. The van der Waals surface area contributed by atoms with E-state index < -0.39 is 29.6 Å². The molecular formula is C36H45N3O6. The molecule has 1 saturated carbocycles. The Kier molecular flexibility index (Phi) is 8.41. The third-order valence-corrected chi connectivity index (χ3v) is 10.8. The van der Waals surface area contributed by atoms with E-state index in [-0.39, 0.29) is 30.3 Å². The van der Waals surface area contributed by atoms with E-state index in [1.54, 1.807) is 19.1 Å². The fourth-order valence-electron chi connectivity index (χ4n) is 7.89. The van der Waals surface area contributed by atoms with E-state index in [4.69, 9.17) is 14.2 Å². The molecule has 6 rings (SSSR count). The Bertz CT molecular complexity index is 1520. The number of methoxy groups -OCH3 is 2. The van der Waals surface area contributed by atoms with Gasteiger partial charge in [0, 0.05) is 18.3 Å². The van der Waals surface area contributed by atoms with Crippen LogP contribution in [0, 0.1) is 37.5 Å². The molecule has 1 spiro atoms. The average molecular weight is 616 g/mol. The van der Waals surface area contributed by atoms with Crippen molar-refractivity contribution in [1.29, 1.82) is 0 Å². The van der Waals surface area contributed by atoms with E-state index in [9.17, 15) is 14.4 Å². The van der Waals surface area contributed by atoms with Crippen molar-refractivity contribution in [1.82, 2.24) is 10.2 Å². The number of nitrogens with one attached hydrogen (secondary N) is 2. The lowest BCUT2D eigenvalue weighted by atomic mass is 9.73. The fraction of sp³-hybridized carbons (Fsp3) is 0.528. The molecule has 9 nitrogen and oxygen atoms in total. The van der Waals surface area contributed by atoms with E-state index in [0.717, 1.165) is 36.0 Å². The molecule has 3 fully saturated rings. The molecule has 1 aliphatic carbocycles. The van der Waals surface area contributed by atoms with Gasteiger partial charge in [-0.15, -0.1) is 0 Å². The van der Waals surface area contributed by atoms with Crippen LogP contribution >= 0.6 is 0 Å². The summed E-state index contributed by atoms with van der Waals surface area (Å²) in [7, 11) is 3.17. The predicted molar refractivity (Wildman–Crippen MR) is 171 cm³/mol. The Morgan fingerprint density at radius 2 is 1.78 bits per heavy atom. The molecule has 2 bridgehead atoms. The normalized spacial score (nSPS) is 31.6. The molecular weight excluding hydrogens is 570 g/mol. The van der Waals surface area contributed by atoms with Gasteiger partial charge >= 0.3 is 0 Å². The number of amides is 3. The second kappa shape index (κ2) is 12.2. The first-order valence-corrected chi connectivity index (χ1v) is 16.1. The number of ether oxygens (including phenoxy) is 3. The topological polar surface area (TPSA) is 106 Å². The Hall–Kier alpha value is -3.85. The third kappa shape index (κ3) is 5.39. The zero-order valence-corrected chi connectivity index (χ0v) is 27.1. The number of rotatable bonds is 9. The minimum absolute atomic E-state index is 0.0194. The van der Waals surface area contributed by atoms with Crippen LogP contribution in [0.4, 0.5) is 5.69 Å². The number of carbonyl (C=O) groups excluding carboxylic acids is 3. The van der Waals surface area contributed by atoms with Crippen LogP contribution in [0.1, 0.15) is 49.8 Å². The lowest BCUT2D eigenvalue weighted by Gasteiger charge is -2.38. The molecule has 0 aromatic heterocycles. The lowest BCUT2D eigenvalue weighted by Crippen LogP contribution is -2.58. The van der Waals surface area contributed by atoms with E-state index in [0.29, 0.717) is 35.4 Å². The SMILES string of the molecule is COc1ccc(CCN2C(=O)[C@H]3[C@H](C(=O)Nc4ccc(C)c(C)c4)[C@H]4C=C[C@@]3(O4)[C@@H]2C(=O)N[C@@H]2CCC[C@@H](C)[C@H]2C)cc1OC. The van der Waals surface area contributed by atoms with Crippen molar-refractivity contribution >= 4 is 23.4 Å². The first-order chi connectivity index (χ1) is 21.6. The first kappa shape index (κ1) is 31.1. The largest absolute Gasteiger partial charge is 0.493 e. The molecule has 4 aliphatic rings. The van der Waals surface area contributed by atoms with Gasteiger partial charge in [0.2, 0.25) is 17.7 Å². The van der Waals surface area contributed by atoms with Crippen LogP contribution in [0.25, 0.3) is 0 Å². The van der Waals surface area contributed by atoms with Crippen molar-refractivity contribution < 1.29 is 28.6 Å². The van der Waals surface area contributed by atoms with Crippen LogP contribution in [-0.2, 0) is 25.5 Å². The Morgan fingerprint density at radius 3 is 2.51 bits per heavy atom. The summed E-state index contributed by atoms with van der Waals surface area (Å²) in [5.41, 5.74) is 2.60. The van der Waals surface area contributed by atoms with Gasteiger partial charge in [0.1, 0.15) is 11.6 Å². The highest BCUT2D eigenvalue weighted by Crippen LogP contribution is 2.55. The molecule has 240 valence electrons. The van der Waals surface area contributed by atoms with Crippen LogP contribution in [0.5, 0.6) is 11.5 Å². The second-order valence-electron chi connectivity index (χ2n) is 13.3. The van der Waals surface area contributed by atoms with Crippen LogP contribution < -0.4 is 20.1 Å². The third-order valence-electron chi connectivity index (χ3n) is 10.8. The molecule has 0 unspecified atom stereocenters. The molecule has 9 heteroatoms. The van der Waals surface area contributed by atoms with Crippen LogP contribution in [0.2, 0.25) is 0 Å². The van der Waals surface area contributed by atoms with Gasteiger partial charge in [0.25, 0.3) is 0 Å². The summed E-state index contributed by atoms with van der Waals surface area (Å²) >= 11 is 0. The maximum absolute atomic E-state index is 14.4. The summed E-state index contributed by atoms with van der Waals surface area (Å²) in [6.07, 6.45) is 6.73. The van der Waals surface area contributed by atoms with Crippen molar-refractivity contribution in [3.8, 4) is 11.5 Å². The number of anilines is 1. The monoisotopic (exact) mass is 615 g/mol. The number of fused-ring (bicyclic) bond motifs is 1. The number of likely N-dealkylation sites (tertiary alicyclic amines) is 1. The minimum atomic E-state index is -1.21. The van der Waals surface area contributed by atoms with Crippen molar-refractivity contribution in [3.63, 3.8) is 0 Å². The Morgan fingerprint density at radius 1 is 1.00 bits per heavy atom. The molecule has 2 N–H and O–H groups in total. The average Bonchev–Trinajstić information content (AvgIpc) is 3.67. The van der Waals surface area contributed by atoms with Gasteiger partial charge in [0.05, 0.1) is 32.2 Å². The van der Waals surface area contributed by atoms with Crippen LogP contribution in [0.15, 0.2) is 48.6 Å². The van der Waals surface area contributed by atoms with Gasteiger partial charge in [-0.1, -0.05) is 51.0 Å². The molecule has 2 saturated heterocycles. The molecule has 3 amide bonds. The number of hydrogen-bond acceptors (Lipinski definition) is 6. The zero-order valence-electron chi connectivity index (χ0n) is 27.1. The smallest absolute Gasteiger partial charge is 0.246 e. The van der Waals surface area contributed by atoms with Gasteiger partial charge in [-0.25, -0.2) is 0 Å². The van der Waals surface area contributed by atoms with Crippen molar-refractivity contribution in [3.05, 3.63) is 65.2 Å². The maximum atomic E-state index is 14.4. The van der Waals surface area contributed by atoms with Crippen LogP contribution in [-0.4, -0.2) is 67.2 Å². The lowest BCUT2D eigenvalue weighted by molar-refractivity contribution is -0.141. The quantitative estimate of drug-likeness (QED) is 0.400. The number of benzene rings is 2. The van der Waals surface area contributed by atoms with Gasteiger partial charge in [-0.2, -0.15) is 0 Å². The van der Waals surface area contributed by atoms with Gasteiger partial charge in [-0.05, 0) is 79.5 Å². The summed E-state index contributed by atoms with van der Waals surface area (Å²) in [4.78, 5) is 44.2. The van der Waals surface area contributed by atoms with Gasteiger partial charge < -0.3 is 29.7 Å². The van der Waals surface area contributed by atoms with Crippen molar-refractivity contribution in [2.75, 3.05) is 26.1 Å². The highest BCUT2D eigenvalue weighted by atomic mass is 16.5. The number of hydrogen-bond donors (Lipinski definition) is 2. The molecule has 3 heterocycles. The summed E-state index contributed by atoms with van der Waals surface area (Å²) in [5.74, 6) is -0.239. The van der Waals surface area contributed by atoms with E-state index in [2.05, 4.69) is 24.5 Å². The summed E-state index contributed by atoms with van der Waals surface area (Å²) in [5, 5.41) is 6.36. The zero-order chi connectivity index (χ0) is 32.0. The summed E-state index contributed by atoms with van der Waals surface area (Å²) in [6, 6.07) is 10.6. The van der Waals surface area contributed by atoms with Gasteiger partial charge in [-0.3, -0.25) is 14.4 Å². The molecule has 3 aliphatic heterocycles. The predicted octanol–water partition coefficient (Wildman–Crippen LogP) is 4.59. The van der Waals surface area contributed by atoms with Crippen molar-refractivity contribution in [2.45, 2.75) is 77.2 Å². The van der Waals surface area contributed by atoms with Crippen LogP contribution in [0.3, 0.4) is 0 Å². The number of carbonyl (C=O) groups is 3. The number of nitrogens with zero attached hydrogens (tertiary/aromatic N) is 1. The summed E-state index contributed by atoms with van der Waals surface area (Å²) < 4.78 is 17.4. The van der Waals surface area contributed by atoms with E-state index in [1.165, 1.54) is 0 Å². The van der Waals surface area contributed by atoms with Crippen molar-refractivity contribution in [2.24, 2.45) is 23.7 Å². The highest BCUT2D eigenvalue weighted by molar-refractivity contribution is 6.02. The Labute approximate surface area is 265 Å². The molecule has 0 radical (unpaired) electrons. The van der Waals surface area contributed by atoms with E-state index >= 15 is 0 Å². The maximum Gasteiger partial charge on any atom is 0.246 e. The highest BCUT2D eigenvalue weighted by Gasteiger charge is 2.72. The number of aryl methyl sites for hydroxylation is 2. The molecule has 8 atom stereocenters. The molecule has 45 heavy (non-hydrogen) atoms. The molecule has 2 aromatic rings. The van der Waals surface area contributed by atoms with Gasteiger partial charge in [0.15, 0.2) is 11.5 Å².